The normalized spacial score (nSPS) is 16.8. The van der Waals surface area contributed by atoms with Gasteiger partial charge in [-0.05, 0) is 0 Å². The summed E-state index contributed by atoms with van der Waals surface area (Å²) >= 11 is -3.36. The van der Waals surface area contributed by atoms with Crippen molar-refractivity contribution >= 4 is 18.7 Å². The van der Waals surface area contributed by atoms with E-state index in [1.165, 1.54) is 0 Å². The summed E-state index contributed by atoms with van der Waals surface area (Å²) in [6.45, 7) is 0. The molecule has 4 heteroatoms. The van der Waals surface area contributed by atoms with Gasteiger partial charge < -0.3 is 0 Å². The molecule has 0 aromatic heterocycles. The topological polar surface area (TPSA) is 27.7 Å². The third-order valence-electron chi connectivity index (χ3n) is 1.54. The van der Waals surface area contributed by atoms with Crippen LogP contribution in [0.2, 0.25) is 9.74 Å². The first-order valence-corrected chi connectivity index (χ1v) is 10.9. The van der Waals surface area contributed by atoms with Crippen molar-refractivity contribution in [2.45, 2.75) is 9.74 Å². The molecule has 0 aromatic carbocycles. The van der Waals surface area contributed by atoms with Crippen LogP contribution in [0.15, 0.2) is 0 Å². The van der Waals surface area contributed by atoms with E-state index in [1.54, 1.807) is 21.3 Å². The van der Waals surface area contributed by atoms with Gasteiger partial charge in [-0.15, -0.1) is 0 Å². The van der Waals surface area contributed by atoms with Crippen molar-refractivity contribution in [1.82, 2.24) is 0 Å². The second kappa shape index (κ2) is 2.75. The zero-order chi connectivity index (χ0) is 7.57. The molecule has 0 rings (SSSR count). The summed E-state index contributed by atoms with van der Waals surface area (Å²) in [5, 5.41) is 0. The van der Waals surface area contributed by atoms with E-state index in [-0.39, 0.29) is 0 Å². The van der Waals surface area contributed by atoms with Crippen molar-refractivity contribution < 1.29 is 9.05 Å². The molecule has 0 atom stereocenters. The van der Waals surface area contributed by atoms with Gasteiger partial charge in [0.1, 0.15) is 0 Å². The average Bonchev–Trinajstić information content (AvgIpc) is 1.90. The summed E-state index contributed by atoms with van der Waals surface area (Å²) in [4.78, 5) is 3.82. The summed E-state index contributed by atoms with van der Waals surface area (Å²) in [7, 11) is 4.86. The quantitative estimate of drug-likeness (QED) is 0.696. The van der Waals surface area contributed by atoms with Crippen molar-refractivity contribution in [3.63, 3.8) is 0 Å². The van der Waals surface area contributed by atoms with Crippen LogP contribution < -0.4 is 0 Å². The molecule has 0 N–H and O–H groups in total. The van der Waals surface area contributed by atoms with Gasteiger partial charge >= 0.3 is 58.8 Å². The molecular formula is C5H15O3Sb. The molecule has 0 radical (unpaired) electrons. The van der Waals surface area contributed by atoms with Gasteiger partial charge in [-0.25, -0.2) is 0 Å². The van der Waals surface area contributed by atoms with Gasteiger partial charge in [0, 0.05) is 0 Å². The van der Waals surface area contributed by atoms with Crippen LogP contribution in [0.3, 0.4) is 0 Å². The molecule has 0 bridgehead atoms. The van der Waals surface area contributed by atoms with Gasteiger partial charge in [0.05, 0.1) is 0 Å². The fraction of sp³-hybridized carbons (Fsp3) is 1.00. The molecule has 0 heterocycles. The number of hydrogen-bond donors (Lipinski definition) is 0. The van der Waals surface area contributed by atoms with Crippen LogP contribution in [0, 0.1) is 0 Å². The fourth-order valence-corrected chi connectivity index (χ4v) is 1.50. The monoisotopic (exact) mass is 244 g/mol. The van der Waals surface area contributed by atoms with E-state index in [1.807, 2.05) is 9.74 Å². The molecule has 0 aromatic rings. The Bertz CT molecular complexity index is 83.4. The summed E-state index contributed by atoms with van der Waals surface area (Å²) in [5.41, 5.74) is 0. The standard InChI is InChI=1S/3CH3O.2CH3.Sb/c3*1-2;;;/h3*1H3;2*1H3;/q3*-1;;;+3. The van der Waals surface area contributed by atoms with E-state index in [0.29, 0.717) is 0 Å². The maximum atomic E-state index is 5.18. The number of hydrogen-bond acceptors (Lipinski definition) is 3. The van der Waals surface area contributed by atoms with Crippen LogP contribution in [0.4, 0.5) is 0 Å². The van der Waals surface area contributed by atoms with E-state index in [2.05, 4.69) is 0 Å². The second-order valence-corrected chi connectivity index (χ2v) is 15.5. The Morgan fingerprint density at radius 1 is 0.778 bits per heavy atom. The molecule has 0 amide bonds. The second-order valence-electron chi connectivity index (χ2n) is 2.31. The molecule has 0 fully saturated rings. The SMILES string of the molecule is C[O][Sb]([CH3])([CH3])([O]C)[O]C. The molecule has 58 valence electrons. The van der Waals surface area contributed by atoms with Crippen LogP contribution in [-0.4, -0.2) is 40.0 Å². The Hall–Kier alpha value is 0.698. The van der Waals surface area contributed by atoms with Gasteiger partial charge in [-0.2, -0.15) is 0 Å². The predicted octanol–water partition coefficient (Wildman–Crippen LogP) is 1.08. The van der Waals surface area contributed by atoms with E-state index in [9.17, 15) is 0 Å². The first kappa shape index (κ1) is 9.70. The summed E-state index contributed by atoms with van der Waals surface area (Å²) < 4.78 is 15.5. The number of rotatable bonds is 3. The Morgan fingerprint density at radius 2 is 1.00 bits per heavy atom. The third-order valence-corrected chi connectivity index (χ3v) is 10.3. The minimum atomic E-state index is -3.36. The van der Waals surface area contributed by atoms with Gasteiger partial charge in [-0.1, -0.05) is 0 Å². The zero-order valence-corrected chi connectivity index (χ0v) is 9.22. The van der Waals surface area contributed by atoms with E-state index in [0.717, 1.165) is 0 Å². The van der Waals surface area contributed by atoms with Crippen LogP contribution in [0.5, 0.6) is 0 Å². The Labute approximate surface area is 59.0 Å². The molecular weight excluding hydrogens is 230 g/mol. The molecule has 0 aliphatic rings. The Kier molecular flexibility index (Phi) is 2.96. The fourth-order valence-electron chi connectivity index (χ4n) is 0.224. The van der Waals surface area contributed by atoms with Gasteiger partial charge in [0.15, 0.2) is 0 Å². The van der Waals surface area contributed by atoms with Gasteiger partial charge in [0.25, 0.3) is 0 Å². The summed E-state index contributed by atoms with van der Waals surface area (Å²) in [6, 6.07) is 0. The van der Waals surface area contributed by atoms with Gasteiger partial charge in [-0.3, -0.25) is 0 Å². The first-order valence-electron chi connectivity index (χ1n) is 2.67. The van der Waals surface area contributed by atoms with Crippen LogP contribution in [-0.2, 0) is 9.05 Å². The Morgan fingerprint density at radius 3 is 1.00 bits per heavy atom. The average molecular weight is 245 g/mol. The van der Waals surface area contributed by atoms with Crippen molar-refractivity contribution in [2.24, 2.45) is 0 Å². The van der Waals surface area contributed by atoms with Gasteiger partial charge in [0.2, 0.25) is 0 Å². The molecule has 0 aliphatic heterocycles. The van der Waals surface area contributed by atoms with Crippen LogP contribution in [0.1, 0.15) is 0 Å². The molecule has 0 saturated carbocycles. The van der Waals surface area contributed by atoms with Crippen molar-refractivity contribution in [3.05, 3.63) is 0 Å². The maximum absolute atomic E-state index is 5.18. The Balaban J connectivity index is 4.20. The third kappa shape index (κ3) is 2.42. The zero-order valence-electron chi connectivity index (χ0n) is 6.67. The summed E-state index contributed by atoms with van der Waals surface area (Å²) in [5.74, 6) is 0. The molecule has 9 heavy (non-hydrogen) atoms. The molecule has 0 aliphatic carbocycles. The molecule has 0 spiro atoms. The van der Waals surface area contributed by atoms with Crippen LogP contribution in [0.25, 0.3) is 0 Å². The minimum absolute atomic E-state index is 1.62. The predicted molar refractivity (Wildman–Crippen MR) is 38.5 cm³/mol. The van der Waals surface area contributed by atoms with Crippen molar-refractivity contribution in [3.8, 4) is 0 Å². The first-order chi connectivity index (χ1) is 3.96. The van der Waals surface area contributed by atoms with Crippen LogP contribution >= 0.6 is 0 Å². The van der Waals surface area contributed by atoms with E-state index in [4.69, 9.17) is 9.05 Å². The van der Waals surface area contributed by atoms with Crippen molar-refractivity contribution in [2.75, 3.05) is 21.3 Å². The summed E-state index contributed by atoms with van der Waals surface area (Å²) in [6.07, 6.45) is 0. The van der Waals surface area contributed by atoms with E-state index < -0.39 is 18.7 Å². The molecule has 3 nitrogen and oxygen atoms in total. The van der Waals surface area contributed by atoms with E-state index >= 15 is 0 Å². The molecule has 0 saturated heterocycles. The van der Waals surface area contributed by atoms with Crippen molar-refractivity contribution in [1.29, 1.82) is 0 Å². The molecule has 0 unspecified atom stereocenters.